The van der Waals surface area contributed by atoms with Crippen LogP contribution in [0.1, 0.15) is 31.9 Å². The molecule has 0 bridgehead atoms. The van der Waals surface area contributed by atoms with Gasteiger partial charge in [0.2, 0.25) is 0 Å². The molecule has 0 saturated heterocycles. The summed E-state index contributed by atoms with van der Waals surface area (Å²) in [5, 5.41) is 4.12. The first-order chi connectivity index (χ1) is 8.68. The van der Waals surface area contributed by atoms with Gasteiger partial charge in [0.05, 0.1) is 11.8 Å². The maximum Gasteiger partial charge on any atom is 0.417 e. The molecule has 0 spiro atoms. The van der Waals surface area contributed by atoms with Crippen LogP contribution < -0.4 is 0 Å². The molecule has 0 aliphatic heterocycles. The number of hydrogen-bond acceptors (Lipinski definition) is 2. The highest BCUT2D eigenvalue weighted by atomic mass is 19.4. The maximum atomic E-state index is 12.4. The third kappa shape index (κ3) is 2.94. The molecule has 0 aliphatic carbocycles. The molecule has 2 aromatic heterocycles. The van der Waals surface area contributed by atoms with E-state index in [2.05, 4.69) is 10.1 Å². The largest absolute Gasteiger partial charge is 0.417 e. The number of alkyl halides is 3. The van der Waals surface area contributed by atoms with Gasteiger partial charge in [0.15, 0.2) is 5.82 Å². The van der Waals surface area contributed by atoms with Gasteiger partial charge in [0, 0.05) is 12.4 Å². The van der Waals surface area contributed by atoms with Gasteiger partial charge >= 0.3 is 6.18 Å². The second kappa shape index (κ2) is 4.36. The van der Waals surface area contributed by atoms with E-state index < -0.39 is 11.7 Å². The van der Waals surface area contributed by atoms with Gasteiger partial charge in [0.25, 0.3) is 0 Å². The lowest BCUT2D eigenvalue weighted by Crippen LogP contribution is -2.09. The van der Waals surface area contributed by atoms with Crippen LogP contribution in [-0.2, 0) is 11.6 Å². The molecule has 2 rings (SSSR count). The smallest absolute Gasteiger partial charge is 0.237 e. The normalized spacial score (nSPS) is 12.7. The van der Waals surface area contributed by atoms with Crippen LogP contribution >= 0.6 is 0 Å². The van der Waals surface area contributed by atoms with Crippen molar-refractivity contribution in [3.63, 3.8) is 0 Å². The van der Waals surface area contributed by atoms with E-state index in [1.54, 1.807) is 12.4 Å². The number of pyridine rings is 1. The minimum absolute atomic E-state index is 0.0653. The lowest BCUT2D eigenvalue weighted by molar-refractivity contribution is -0.137. The molecular formula is C13H14F3N3. The monoisotopic (exact) mass is 269 g/mol. The van der Waals surface area contributed by atoms with Crippen LogP contribution in [0.15, 0.2) is 30.7 Å². The fourth-order valence-electron chi connectivity index (χ4n) is 1.52. The number of aromatic nitrogens is 3. The van der Waals surface area contributed by atoms with Crippen molar-refractivity contribution < 1.29 is 13.2 Å². The van der Waals surface area contributed by atoms with Crippen LogP contribution in [-0.4, -0.2) is 14.8 Å². The minimum Gasteiger partial charge on any atom is -0.237 e. The Morgan fingerprint density at radius 2 is 1.68 bits per heavy atom. The molecule has 2 aromatic rings. The van der Waals surface area contributed by atoms with E-state index in [1.807, 2.05) is 20.8 Å². The van der Waals surface area contributed by atoms with Crippen LogP contribution in [0.4, 0.5) is 13.2 Å². The van der Waals surface area contributed by atoms with Crippen LogP contribution in [0.5, 0.6) is 0 Å². The molecule has 0 aromatic carbocycles. The Hall–Kier alpha value is -1.85. The fraction of sp³-hybridized carbons (Fsp3) is 0.385. The topological polar surface area (TPSA) is 30.7 Å². The lowest BCUT2D eigenvalue weighted by atomic mass is 9.90. The van der Waals surface area contributed by atoms with Crippen LogP contribution in [0.3, 0.4) is 0 Å². The van der Waals surface area contributed by atoms with Gasteiger partial charge in [-0.2, -0.15) is 18.3 Å². The second-order valence-corrected chi connectivity index (χ2v) is 5.33. The Morgan fingerprint density at radius 3 is 2.11 bits per heavy atom. The van der Waals surface area contributed by atoms with E-state index in [-0.39, 0.29) is 5.41 Å². The van der Waals surface area contributed by atoms with Crippen molar-refractivity contribution in [2.45, 2.75) is 32.4 Å². The lowest BCUT2D eigenvalue weighted by Gasteiger charge is -2.14. The van der Waals surface area contributed by atoms with E-state index in [1.165, 1.54) is 10.7 Å². The molecule has 3 nitrogen and oxygen atoms in total. The number of nitrogens with zero attached hydrogens (tertiary/aromatic N) is 3. The average molecular weight is 269 g/mol. The molecule has 0 amide bonds. The molecule has 19 heavy (non-hydrogen) atoms. The van der Waals surface area contributed by atoms with Crippen molar-refractivity contribution >= 4 is 0 Å². The van der Waals surface area contributed by atoms with Crippen molar-refractivity contribution in [1.29, 1.82) is 0 Å². The molecule has 0 atom stereocenters. The zero-order valence-corrected chi connectivity index (χ0v) is 10.9. The second-order valence-electron chi connectivity index (χ2n) is 5.33. The summed E-state index contributed by atoms with van der Waals surface area (Å²) in [7, 11) is 0. The Morgan fingerprint density at radius 1 is 1.00 bits per heavy atom. The molecule has 0 fully saturated rings. The summed E-state index contributed by atoms with van der Waals surface area (Å²) in [6.45, 7) is 6.11. The Labute approximate surface area is 109 Å². The molecule has 2 heterocycles. The minimum atomic E-state index is -4.37. The van der Waals surface area contributed by atoms with Gasteiger partial charge in [-0.05, 0) is 23.1 Å². The fourth-order valence-corrected chi connectivity index (χ4v) is 1.52. The molecule has 0 N–H and O–H groups in total. The van der Waals surface area contributed by atoms with Gasteiger partial charge in [-0.3, -0.25) is 0 Å². The highest BCUT2D eigenvalue weighted by Crippen LogP contribution is 2.29. The first-order valence-corrected chi connectivity index (χ1v) is 5.77. The van der Waals surface area contributed by atoms with E-state index in [0.29, 0.717) is 5.82 Å². The van der Waals surface area contributed by atoms with Gasteiger partial charge in [-0.15, -0.1) is 0 Å². The summed E-state index contributed by atoms with van der Waals surface area (Å²) in [5.74, 6) is 0.364. The Balaban J connectivity index is 2.31. The Kier molecular flexibility index (Phi) is 3.12. The molecule has 102 valence electrons. The quantitative estimate of drug-likeness (QED) is 0.792. The van der Waals surface area contributed by atoms with Crippen LogP contribution in [0.25, 0.3) is 5.82 Å². The van der Waals surface area contributed by atoms with Gasteiger partial charge in [-0.25, -0.2) is 9.67 Å². The summed E-state index contributed by atoms with van der Waals surface area (Å²) < 4.78 is 38.7. The maximum absolute atomic E-state index is 12.4. The Bertz CT molecular complexity index is 562. The average Bonchev–Trinajstić information content (AvgIpc) is 2.77. The zero-order chi connectivity index (χ0) is 14.3. The van der Waals surface area contributed by atoms with Crippen molar-refractivity contribution in [1.82, 2.24) is 14.8 Å². The third-order valence-electron chi connectivity index (χ3n) is 2.76. The van der Waals surface area contributed by atoms with E-state index in [4.69, 9.17) is 0 Å². The molecule has 6 heteroatoms. The van der Waals surface area contributed by atoms with Crippen molar-refractivity contribution in [2.75, 3.05) is 0 Å². The molecule has 0 saturated carbocycles. The summed E-state index contributed by atoms with van der Waals surface area (Å²) in [6, 6.07) is 2.31. The summed E-state index contributed by atoms with van der Waals surface area (Å²) in [6.07, 6.45) is -0.0884. The molecular weight excluding hydrogens is 255 g/mol. The SMILES string of the molecule is CC(C)(C)c1cnn(-c2ccc(C(F)(F)F)cn2)c1. The third-order valence-corrected chi connectivity index (χ3v) is 2.76. The first-order valence-electron chi connectivity index (χ1n) is 5.77. The van der Waals surface area contributed by atoms with Gasteiger partial charge < -0.3 is 0 Å². The zero-order valence-electron chi connectivity index (χ0n) is 10.9. The summed E-state index contributed by atoms with van der Waals surface area (Å²) >= 11 is 0. The standard InChI is InChI=1S/C13H14F3N3/c1-12(2,3)10-7-18-19(8-10)11-5-4-9(6-17-11)13(14,15)16/h4-8H,1-3H3. The highest BCUT2D eigenvalue weighted by molar-refractivity contribution is 5.28. The van der Waals surface area contributed by atoms with Gasteiger partial charge in [-0.1, -0.05) is 20.8 Å². The van der Waals surface area contributed by atoms with Crippen molar-refractivity contribution in [3.05, 3.63) is 41.9 Å². The van der Waals surface area contributed by atoms with Crippen molar-refractivity contribution in [3.8, 4) is 5.82 Å². The van der Waals surface area contributed by atoms with Crippen LogP contribution in [0, 0.1) is 0 Å². The highest BCUT2D eigenvalue weighted by Gasteiger charge is 2.30. The van der Waals surface area contributed by atoms with E-state index >= 15 is 0 Å². The summed E-state index contributed by atoms with van der Waals surface area (Å²) in [4.78, 5) is 3.79. The summed E-state index contributed by atoms with van der Waals surface area (Å²) in [5.41, 5.74) is 0.165. The van der Waals surface area contributed by atoms with Crippen LogP contribution in [0.2, 0.25) is 0 Å². The van der Waals surface area contributed by atoms with Crippen molar-refractivity contribution in [2.24, 2.45) is 0 Å². The predicted molar refractivity (Wildman–Crippen MR) is 65.1 cm³/mol. The van der Waals surface area contributed by atoms with E-state index in [0.717, 1.165) is 17.8 Å². The first kappa shape index (κ1) is 13.6. The molecule has 0 radical (unpaired) electrons. The number of rotatable bonds is 1. The number of halogens is 3. The van der Waals surface area contributed by atoms with Gasteiger partial charge in [0.1, 0.15) is 0 Å². The predicted octanol–water partition coefficient (Wildman–Crippen LogP) is 3.58. The molecule has 0 unspecified atom stereocenters. The molecule has 0 aliphatic rings. The van der Waals surface area contributed by atoms with E-state index in [9.17, 15) is 13.2 Å². The number of hydrogen-bond donors (Lipinski definition) is 0.